The molecule has 0 saturated carbocycles. The maximum atomic E-state index is 10.8. The molecule has 1 aromatic carbocycles. The summed E-state index contributed by atoms with van der Waals surface area (Å²) in [5, 5.41) is 22.9. The van der Waals surface area contributed by atoms with Crippen LogP contribution in [0, 0.1) is 10.1 Å². The van der Waals surface area contributed by atoms with Crippen LogP contribution in [-0.2, 0) is 0 Å². The van der Waals surface area contributed by atoms with Crippen LogP contribution in [0.4, 0.5) is 11.4 Å². The van der Waals surface area contributed by atoms with E-state index in [-0.39, 0.29) is 17.8 Å². The number of aliphatic hydroxyl groups is 1. The van der Waals surface area contributed by atoms with Crippen LogP contribution in [0.15, 0.2) is 18.2 Å². The minimum absolute atomic E-state index is 0.169. The Balaban J connectivity index is 2.90. The number of anilines is 1. The summed E-state index contributed by atoms with van der Waals surface area (Å²) in [6, 6.07) is 4.15. The average Bonchev–Trinajstić information content (AvgIpc) is 2.35. The number of nitro groups is 1. The molecule has 0 aliphatic rings. The Morgan fingerprint density at radius 1 is 1.59 bits per heavy atom. The Morgan fingerprint density at radius 3 is 2.82 bits per heavy atom. The number of benzene rings is 1. The number of rotatable bonds is 6. The standard InChI is InChI=1S/C11H14N2O4/c1-2-9(15)6-12-10-4-3-8(7-14)5-11(10)13(16)17/h3-5,7,9,12,15H,2,6H2,1H3. The van der Waals surface area contributed by atoms with Crippen molar-refractivity contribution in [1.29, 1.82) is 0 Å². The lowest BCUT2D eigenvalue weighted by molar-refractivity contribution is -0.384. The number of nitrogens with zero attached hydrogens (tertiary/aromatic N) is 1. The monoisotopic (exact) mass is 238 g/mol. The molecule has 17 heavy (non-hydrogen) atoms. The van der Waals surface area contributed by atoms with Crippen LogP contribution in [0.1, 0.15) is 23.7 Å². The van der Waals surface area contributed by atoms with Gasteiger partial charge in [0.15, 0.2) is 0 Å². The van der Waals surface area contributed by atoms with Gasteiger partial charge in [-0.05, 0) is 18.6 Å². The molecule has 0 amide bonds. The number of carbonyl (C=O) groups is 1. The van der Waals surface area contributed by atoms with E-state index in [4.69, 9.17) is 0 Å². The molecule has 0 radical (unpaired) electrons. The molecule has 1 unspecified atom stereocenters. The Bertz CT molecular complexity index is 420. The zero-order valence-electron chi connectivity index (χ0n) is 9.42. The van der Waals surface area contributed by atoms with E-state index in [1.807, 2.05) is 6.92 Å². The number of aliphatic hydroxyl groups excluding tert-OH is 1. The molecule has 0 spiro atoms. The first-order chi connectivity index (χ1) is 8.08. The van der Waals surface area contributed by atoms with Crippen LogP contribution in [0.3, 0.4) is 0 Å². The van der Waals surface area contributed by atoms with Gasteiger partial charge in [-0.3, -0.25) is 14.9 Å². The second kappa shape index (κ2) is 5.95. The van der Waals surface area contributed by atoms with Crippen molar-refractivity contribution in [3.05, 3.63) is 33.9 Å². The summed E-state index contributed by atoms with van der Waals surface area (Å²) < 4.78 is 0. The summed E-state index contributed by atoms with van der Waals surface area (Å²) in [4.78, 5) is 20.8. The van der Waals surface area contributed by atoms with E-state index in [2.05, 4.69) is 5.32 Å². The molecule has 92 valence electrons. The number of carbonyl (C=O) groups excluding carboxylic acids is 1. The van der Waals surface area contributed by atoms with E-state index in [0.29, 0.717) is 18.4 Å². The van der Waals surface area contributed by atoms with E-state index in [9.17, 15) is 20.0 Å². The van der Waals surface area contributed by atoms with E-state index in [0.717, 1.165) is 0 Å². The zero-order chi connectivity index (χ0) is 12.8. The Morgan fingerprint density at radius 2 is 2.29 bits per heavy atom. The third kappa shape index (κ3) is 3.53. The molecular weight excluding hydrogens is 224 g/mol. The highest BCUT2D eigenvalue weighted by Crippen LogP contribution is 2.24. The van der Waals surface area contributed by atoms with Gasteiger partial charge in [0.2, 0.25) is 0 Å². The first-order valence-electron chi connectivity index (χ1n) is 5.24. The van der Waals surface area contributed by atoms with Crippen LogP contribution in [-0.4, -0.2) is 29.0 Å². The summed E-state index contributed by atoms with van der Waals surface area (Å²) in [5.41, 5.74) is 0.379. The highest BCUT2D eigenvalue weighted by atomic mass is 16.6. The molecule has 6 nitrogen and oxygen atoms in total. The predicted octanol–water partition coefficient (Wildman–Crippen LogP) is 1.59. The fourth-order valence-electron chi connectivity index (χ4n) is 1.29. The van der Waals surface area contributed by atoms with Gasteiger partial charge in [-0.15, -0.1) is 0 Å². The second-order valence-corrected chi connectivity index (χ2v) is 3.59. The van der Waals surface area contributed by atoms with Crippen LogP contribution in [0.5, 0.6) is 0 Å². The average molecular weight is 238 g/mol. The highest BCUT2D eigenvalue weighted by molar-refractivity contribution is 5.79. The van der Waals surface area contributed by atoms with Crippen molar-refractivity contribution in [1.82, 2.24) is 0 Å². The number of hydrogen-bond acceptors (Lipinski definition) is 5. The van der Waals surface area contributed by atoms with E-state index in [1.165, 1.54) is 18.2 Å². The number of nitrogens with one attached hydrogen (secondary N) is 1. The zero-order valence-corrected chi connectivity index (χ0v) is 9.42. The first-order valence-corrected chi connectivity index (χ1v) is 5.24. The third-order valence-electron chi connectivity index (χ3n) is 2.35. The van der Waals surface area contributed by atoms with Crippen LogP contribution in [0.2, 0.25) is 0 Å². The molecule has 6 heteroatoms. The molecule has 0 bridgehead atoms. The topological polar surface area (TPSA) is 92.5 Å². The maximum absolute atomic E-state index is 10.8. The molecule has 1 atom stereocenters. The molecule has 1 rings (SSSR count). The van der Waals surface area contributed by atoms with E-state index in [1.54, 1.807) is 0 Å². The largest absolute Gasteiger partial charge is 0.391 e. The lowest BCUT2D eigenvalue weighted by Gasteiger charge is -2.10. The van der Waals surface area contributed by atoms with Gasteiger partial charge in [0.25, 0.3) is 5.69 Å². The van der Waals surface area contributed by atoms with Gasteiger partial charge in [-0.2, -0.15) is 0 Å². The molecule has 0 heterocycles. The molecule has 1 aromatic rings. The SMILES string of the molecule is CCC(O)CNc1ccc(C=O)cc1[N+](=O)[O-]. The fraction of sp³-hybridized carbons (Fsp3) is 0.364. The van der Waals surface area contributed by atoms with Crippen LogP contribution >= 0.6 is 0 Å². The molecule has 2 N–H and O–H groups in total. The molecule has 0 aliphatic heterocycles. The maximum Gasteiger partial charge on any atom is 0.293 e. The second-order valence-electron chi connectivity index (χ2n) is 3.59. The van der Waals surface area contributed by atoms with Gasteiger partial charge in [0.1, 0.15) is 12.0 Å². The fourth-order valence-corrected chi connectivity index (χ4v) is 1.29. The predicted molar refractivity (Wildman–Crippen MR) is 63.3 cm³/mol. The number of hydrogen-bond donors (Lipinski definition) is 2. The van der Waals surface area contributed by atoms with Crippen molar-refractivity contribution in [3.63, 3.8) is 0 Å². The first kappa shape index (κ1) is 13.1. The summed E-state index contributed by atoms with van der Waals surface area (Å²) in [6.45, 7) is 2.05. The molecular formula is C11H14N2O4. The van der Waals surface area contributed by atoms with Crippen molar-refractivity contribution in [2.24, 2.45) is 0 Å². The molecule has 0 fully saturated rings. The Kier molecular flexibility index (Phi) is 4.59. The third-order valence-corrected chi connectivity index (χ3v) is 2.35. The van der Waals surface area contributed by atoms with Crippen LogP contribution < -0.4 is 5.32 Å². The van der Waals surface area contributed by atoms with Crippen molar-refractivity contribution in [2.75, 3.05) is 11.9 Å². The van der Waals surface area contributed by atoms with Gasteiger partial charge in [-0.1, -0.05) is 6.92 Å². The van der Waals surface area contributed by atoms with Gasteiger partial charge in [0.05, 0.1) is 11.0 Å². The summed E-state index contributed by atoms with van der Waals surface area (Å²) in [5.74, 6) is 0. The van der Waals surface area contributed by atoms with Crippen molar-refractivity contribution < 1.29 is 14.8 Å². The van der Waals surface area contributed by atoms with Gasteiger partial charge in [0, 0.05) is 18.2 Å². The highest BCUT2D eigenvalue weighted by Gasteiger charge is 2.14. The lowest BCUT2D eigenvalue weighted by atomic mass is 10.2. The van der Waals surface area contributed by atoms with Crippen LogP contribution in [0.25, 0.3) is 0 Å². The lowest BCUT2D eigenvalue weighted by Crippen LogP contribution is -2.18. The minimum Gasteiger partial charge on any atom is -0.391 e. The number of nitro benzene ring substituents is 1. The van der Waals surface area contributed by atoms with Gasteiger partial charge >= 0.3 is 0 Å². The molecule has 0 saturated heterocycles. The molecule has 0 aromatic heterocycles. The van der Waals surface area contributed by atoms with Crippen molar-refractivity contribution >= 4 is 17.7 Å². The van der Waals surface area contributed by atoms with Crippen molar-refractivity contribution in [2.45, 2.75) is 19.4 Å². The van der Waals surface area contributed by atoms with Crippen molar-refractivity contribution in [3.8, 4) is 0 Å². The normalized spacial score (nSPS) is 11.9. The quantitative estimate of drug-likeness (QED) is 0.446. The number of aldehydes is 1. The van der Waals surface area contributed by atoms with E-state index >= 15 is 0 Å². The smallest absolute Gasteiger partial charge is 0.293 e. The summed E-state index contributed by atoms with van der Waals surface area (Å²) in [7, 11) is 0. The minimum atomic E-state index is -0.562. The Hall–Kier alpha value is -1.95. The Labute approximate surface area is 98.4 Å². The molecule has 0 aliphatic carbocycles. The summed E-state index contributed by atoms with van der Waals surface area (Å²) in [6.07, 6.45) is 0.561. The van der Waals surface area contributed by atoms with E-state index < -0.39 is 11.0 Å². The van der Waals surface area contributed by atoms with Gasteiger partial charge < -0.3 is 10.4 Å². The summed E-state index contributed by atoms with van der Waals surface area (Å²) >= 11 is 0. The van der Waals surface area contributed by atoms with Gasteiger partial charge in [-0.25, -0.2) is 0 Å².